The van der Waals surface area contributed by atoms with E-state index in [-0.39, 0.29) is 12.6 Å². The van der Waals surface area contributed by atoms with Crippen molar-refractivity contribution in [3.63, 3.8) is 0 Å². The van der Waals surface area contributed by atoms with Crippen LogP contribution >= 0.6 is 0 Å². The van der Waals surface area contributed by atoms with Crippen LogP contribution in [0.1, 0.15) is 17.2 Å². The van der Waals surface area contributed by atoms with Crippen molar-refractivity contribution >= 4 is 0 Å². The van der Waals surface area contributed by atoms with Gasteiger partial charge < -0.3 is 10.4 Å². The number of hydrogen-bond donors (Lipinski definition) is 2. The van der Waals surface area contributed by atoms with E-state index in [2.05, 4.69) is 36.5 Å². The lowest BCUT2D eigenvalue weighted by molar-refractivity contribution is 0.333. The van der Waals surface area contributed by atoms with Gasteiger partial charge in [-0.3, -0.25) is 0 Å². The lowest BCUT2D eigenvalue weighted by atomic mass is 10.0. The maximum Gasteiger partial charge on any atom is 0.0699 e. The minimum atomic E-state index is 0.0978. The second-order valence-electron chi connectivity index (χ2n) is 3.79. The Morgan fingerprint density at radius 2 is 2.00 bits per heavy atom. The molecule has 1 aliphatic rings. The average Bonchev–Trinajstić information content (AvgIpc) is 2.30. The highest BCUT2D eigenvalue weighted by Gasteiger charge is 2.09. The molecular weight excluding hydrogens is 186 g/mol. The first-order valence-corrected chi connectivity index (χ1v) is 5.10. The monoisotopic (exact) mass is 201 g/mol. The van der Waals surface area contributed by atoms with Crippen molar-refractivity contribution in [3.05, 3.63) is 59.3 Å². The van der Waals surface area contributed by atoms with Gasteiger partial charge in [0, 0.05) is 0 Å². The van der Waals surface area contributed by atoms with Gasteiger partial charge in [0.2, 0.25) is 0 Å². The predicted molar refractivity (Wildman–Crippen MR) is 61.4 cm³/mol. The van der Waals surface area contributed by atoms with Gasteiger partial charge in [-0.25, -0.2) is 0 Å². The molecule has 0 bridgehead atoms. The average molecular weight is 201 g/mol. The van der Waals surface area contributed by atoms with Crippen LogP contribution in [0.4, 0.5) is 0 Å². The first-order chi connectivity index (χ1) is 7.29. The molecular formula is C13H15NO. The van der Waals surface area contributed by atoms with Crippen LogP contribution in [-0.2, 0) is 0 Å². The quantitative estimate of drug-likeness (QED) is 0.767. The summed E-state index contributed by atoms with van der Waals surface area (Å²) >= 11 is 0. The molecule has 0 saturated heterocycles. The van der Waals surface area contributed by atoms with Crippen LogP contribution in [0, 0.1) is 6.92 Å². The zero-order valence-corrected chi connectivity index (χ0v) is 8.77. The van der Waals surface area contributed by atoms with Gasteiger partial charge >= 0.3 is 0 Å². The lowest BCUT2D eigenvalue weighted by Crippen LogP contribution is -2.17. The minimum absolute atomic E-state index is 0.0978. The Balaban J connectivity index is 2.22. The summed E-state index contributed by atoms with van der Waals surface area (Å²) in [4.78, 5) is 0. The van der Waals surface area contributed by atoms with Crippen molar-refractivity contribution in [2.45, 2.75) is 13.0 Å². The first kappa shape index (κ1) is 9.99. The van der Waals surface area contributed by atoms with Crippen LogP contribution in [0.25, 0.3) is 0 Å². The molecule has 0 spiro atoms. The standard InChI is InChI=1S/C13H15NO/c1-10-2-4-12(5-3-10)13-8-11(9-15)6-7-14-13/h2-8,13-15H,9H2,1H3. The van der Waals surface area contributed by atoms with Gasteiger partial charge in [0.1, 0.15) is 0 Å². The van der Waals surface area contributed by atoms with E-state index in [0.29, 0.717) is 0 Å². The molecule has 2 N–H and O–H groups in total. The highest BCUT2D eigenvalue weighted by molar-refractivity contribution is 5.33. The first-order valence-electron chi connectivity index (χ1n) is 5.10. The number of aryl methyl sites for hydroxylation is 1. The second kappa shape index (κ2) is 4.32. The van der Waals surface area contributed by atoms with Crippen LogP contribution in [0.3, 0.4) is 0 Å². The third kappa shape index (κ3) is 2.28. The van der Waals surface area contributed by atoms with Crippen molar-refractivity contribution in [1.82, 2.24) is 5.32 Å². The summed E-state index contributed by atoms with van der Waals surface area (Å²) in [6.07, 6.45) is 5.82. The Hall–Kier alpha value is -1.54. The summed E-state index contributed by atoms with van der Waals surface area (Å²) in [6.45, 7) is 2.17. The molecule has 2 heteroatoms. The van der Waals surface area contributed by atoms with E-state index in [1.165, 1.54) is 11.1 Å². The third-order valence-corrected chi connectivity index (χ3v) is 2.57. The fraction of sp³-hybridized carbons (Fsp3) is 0.231. The van der Waals surface area contributed by atoms with E-state index >= 15 is 0 Å². The molecule has 1 aromatic rings. The summed E-state index contributed by atoms with van der Waals surface area (Å²) in [5.41, 5.74) is 3.44. The number of benzene rings is 1. The number of rotatable bonds is 2. The topological polar surface area (TPSA) is 32.3 Å². The maximum atomic E-state index is 9.05. The van der Waals surface area contributed by atoms with Crippen LogP contribution < -0.4 is 5.32 Å². The molecule has 78 valence electrons. The predicted octanol–water partition coefficient (Wildman–Crippen LogP) is 2.07. The van der Waals surface area contributed by atoms with Gasteiger partial charge in [0.05, 0.1) is 12.6 Å². The summed E-state index contributed by atoms with van der Waals surface area (Å²) in [5.74, 6) is 0. The van der Waals surface area contributed by atoms with Gasteiger partial charge in [0.15, 0.2) is 0 Å². The fourth-order valence-electron chi connectivity index (χ4n) is 1.65. The molecule has 0 aliphatic carbocycles. The van der Waals surface area contributed by atoms with Gasteiger partial charge in [-0.2, -0.15) is 0 Å². The smallest absolute Gasteiger partial charge is 0.0699 e. The van der Waals surface area contributed by atoms with E-state index in [1.54, 1.807) is 0 Å². The molecule has 2 nitrogen and oxygen atoms in total. The molecule has 1 aliphatic heterocycles. The third-order valence-electron chi connectivity index (χ3n) is 2.57. The largest absolute Gasteiger partial charge is 0.392 e. The summed E-state index contributed by atoms with van der Waals surface area (Å²) in [5, 5.41) is 12.3. The van der Waals surface area contributed by atoms with Crippen molar-refractivity contribution in [2.24, 2.45) is 0 Å². The molecule has 1 unspecified atom stereocenters. The molecule has 1 aromatic carbocycles. The summed E-state index contributed by atoms with van der Waals surface area (Å²) in [6, 6.07) is 8.59. The molecule has 0 amide bonds. The van der Waals surface area contributed by atoms with E-state index in [1.807, 2.05) is 18.4 Å². The molecule has 0 fully saturated rings. The fourth-order valence-corrected chi connectivity index (χ4v) is 1.65. The summed E-state index contributed by atoms with van der Waals surface area (Å²) in [7, 11) is 0. The van der Waals surface area contributed by atoms with Crippen molar-refractivity contribution in [3.8, 4) is 0 Å². The Kier molecular flexibility index (Phi) is 2.88. The molecule has 1 atom stereocenters. The molecule has 0 saturated carbocycles. The number of dihydropyridines is 1. The lowest BCUT2D eigenvalue weighted by Gasteiger charge is -2.18. The normalized spacial score (nSPS) is 19.6. The van der Waals surface area contributed by atoms with Crippen LogP contribution in [0.5, 0.6) is 0 Å². The van der Waals surface area contributed by atoms with Crippen LogP contribution in [0.2, 0.25) is 0 Å². The Labute approximate surface area is 89.9 Å². The second-order valence-corrected chi connectivity index (χ2v) is 3.79. The van der Waals surface area contributed by atoms with Crippen LogP contribution in [-0.4, -0.2) is 11.7 Å². The van der Waals surface area contributed by atoms with Gasteiger partial charge in [-0.05, 0) is 30.3 Å². The number of hydrogen-bond acceptors (Lipinski definition) is 2. The van der Waals surface area contributed by atoms with Gasteiger partial charge in [-0.15, -0.1) is 0 Å². The molecule has 0 aromatic heterocycles. The molecule has 15 heavy (non-hydrogen) atoms. The Bertz CT molecular complexity index is 390. The van der Waals surface area contributed by atoms with Gasteiger partial charge in [0.25, 0.3) is 0 Å². The number of aliphatic hydroxyl groups is 1. The van der Waals surface area contributed by atoms with E-state index in [4.69, 9.17) is 5.11 Å². The summed E-state index contributed by atoms with van der Waals surface area (Å²) < 4.78 is 0. The highest BCUT2D eigenvalue weighted by atomic mass is 16.3. The number of nitrogens with one attached hydrogen (secondary N) is 1. The zero-order chi connectivity index (χ0) is 10.7. The van der Waals surface area contributed by atoms with Crippen LogP contribution in [0.15, 0.2) is 48.2 Å². The van der Waals surface area contributed by atoms with E-state index < -0.39 is 0 Å². The molecule has 0 radical (unpaired) electrons. The van der Waals surface area contributed by atoms with Crippen molar-refractivity contribution in [1.29, 1.82) is 0 Å². The van der Waals surface area contributed by atoms with Gasteiger partial charge in [-0.1, -0.05) is 35.9 Å². The van der Waals surface area contributed by atoms with E-state index in [0.717, 1.165) is 5.57 Å². The SMILES string of the molecule is Cc1ccc(C2C=C(CO)C=CN2)cc1. The maximum absolute atomic E-state index is 9.05. The zero-order valence-electron chi connectivity index (χ0n) is 8.77. The minimum Gasteiger partial charge on any atom is -0.392 e. The Morgan fingerprint density at radius 1 is 1.27 bits per heavy atom. The van der Waals surface area contributed by atoms with Crippen molar-refractivity contribution < 1.29 is 5.11 Å². The molecule has 2 rings (SSSR count). The Morgan fingerprint density at radius 3 is 2.67 bits per heavy atom. The van der Waals surface area contributed by atoms with Crippen molar-refractivity contribution in [2.75, 3.05) is 6.61 Å². The molecule has 1 heterocycles. The number of aliphatic hydroxyl groups excluding tert-OH is 1. The van der Waals surface area contributed by atoms with E-state index in [9.17, 15) is 0 Å². The highest BCUT2D eigenvalue weighted by Crippen LogP contribution is 2.19.